The SMILES string of the molecule is COc1sc(C(=O)C(F)F)cc1Br. The van der Waals surface area contributed by atoms with Crippen LogP contribution in [0, 0.1) is 0 Å². The van der Waals surface area contributed by atoms with Gasteiger partial charge >= 0.3 is 6.43 Å². The van der Waals surface area contributed by atoms with Crippen molar-refractivity contribution in [2.75, 3.05) is 7.11 Å². The normalized spacial score (nSPS) is 10.5. The van der Waals surface area contributed by atoms with Crippen LogP contribution in [0.2, 0.25) is 0 Å². The highest BCUT2D eigenvalue weighted by atomic mass is 79.9. The van der Waals surface area contributed by atoms with E-state index in [1.807, 2.05) is 0 Å². The Balaban J connectivity index is 2.97. The van der Waals surface area contributed by atoms with Crippen molar-refractivity contribution in [1.82, 2.24) is 0 Å². The van der Waals surface area contributed by atoms with Crippen LogP contribution in [0.4, 0.5) is 8.78 Å². The summed E-state index contributed by atoms with van der Waals surface area (Å²) in [5, 5.41) is 0.420. The first kappa shape index (κ1) is 10.6. The highest BCUT2D eigenvalue weighted by Crippen LogP contribution is 2.35. The molecule has 0 saturated carbocycles. The molecule has 13 heavy (non-hydrogen) atoms. The number of ether oxygens (including phenoxy) is 1. The van der Waals surface area contributed by atoms with Crippen LogP contribution in [0.3, 0.4) is 0 Å². The fourth-order valence-corrected chi connectivity index (χ4v) is 2.31. The van der Waals surface area contributed by atoms with E-state index in [0.29, 0.717) is 9.54 Å². The molecule has 0 bridgehead atoms. The molecule has 0 saturated heterocycles. The van der Waals surface area contributed by atoms with Crippen molar-refractivity contribution in [3.63, 3.8) is 0 Å². The number of methoxy groups -OCH3 is 1. The Morgan fingerprint density at radius 2 is 2.31 bits per heavy atom. The molecule has 0 atom stereocenters. The molecule has 6 heteroatoms. The number of halogens is 3. The van der Waals surface area contributed by atoms with Gasteiger partial charge in [-0.25, -0.2) is 8.78 Å². The van der Waals surface area contributed by atoms with Gasteiger partial charge in [-0.15, -0.1) is 0 Å². The number of carbonyl (C=O) groups is 1. The Hall–Kier alpha value is -0.490. The lowest BCUT2D eigenvalue weighted by molar-refractivity contribution is 0.0683. The summed E-state index contributed by atoms with van der Waals surface area (Å²) >= 11 is 3.98. The quantitative estimate of drug-likeness (QED) is 0.790. The van der Waals surface area contributed by atoms with E-state index in [0.717, 1.165) is 11.3 Å². The van der Waals surface area contributed by atoms with Gasteiger partial charge in [-0.05, 0) is 22.0 Å². The molecule has 0 amide bonds. The third-order valence-corrected chi connectivity index (χ3v) is 3.24. The summed E-state index contributed by atoms with van der Waals surface area (Å²) in [4.78, 5) is 10.8. The summed E-state index contributed by atoms with van der Waals surface area (Å²) in [5.74, 6) is -1.17. The highest BCUT2D eigenvalue weighted by Gasteiger charge is 2.21. The van der Waals surface area contributed by atoms with Crippen LogP contribution in [0.25, 0.3) is 0 Å². The van der Waals surface area contributed by atoms with Gasteiger partial charge in [0, 0.05) is 0 Å². The first-order valence-corrected chi connectivity index (χ1v) is 4.83. The zero-order chi connectivity index (χ0) is 10.0. The van der Waals surface area contributed by atoms with Crippen LogP contribution in [-0.2, 0) is 0 Å². The monoisotopic (exact) mass is 270 g/mol. The molecule has 1 heterocycles. The first-order valence-electron chi connectivity index (χ1n) is 3.22. The fraction of sp³-hybridized carbons (Fsp3) is 0.286. The molecular weight excluding hydrogens is 266 g/mol. The van der Waals surface area contributed by atoms with E-state index in [-0.39, 0.29) is 4.88 Å². The van der Waals surface area contributed by atoms with E-state index >= 15 is 0 Å². The van der Waals surface area contributed by atoms with Gasteiger partial charge in [0.15, 0.2) is 5.06 Å². The van der Waals surface area contributed by atoms with Gasteiger partial charge in [0.05, 0.1) is 16.5 Å². The average molecular weight is 271 g/mol. The van der Waals surface area contributed by atoms with Crippen LogP contribution in [0.15, 0.2) is 10.5 Å². The third-order valence-electron chi connectivity index (χ3n) is 1.28. The Kier molecular flexibility index (Phi) is 3.38. The van der Waals surface area contributed by atoms with E-state index in [4.69, 9.17) is 4.74 Å². The molecular formula is C7H5BrF2O2S. The maximum absolute atomic E-state index is 12.0. The predicted molar refractivity (Wildman–Crippen MR) is 48.9 cm³/mol. The lowest BCUT2D eigenvalue weighted by Crippen LogP contribution is -2.07. The third kappa shape index (κ3) is 2.25. The topological polar surface area (TPSA) is 26.3 Å². The van der Waals surface area contributed by atoms with Crippen LogP contribution in [-0.4, -0.2) is 19.3 Å². The second-order valence-electron chi connectivity index (χ2n) is 2.12. The Morgan fingerprint density at radius 3 is 2.69 bits per heavy atom. The molecule has 1 aromatic heterocycles. The number of thiophene rings is 1. The molecule has 2 nitrogen and oxygen atoms in total. The Labute approximate surface area is 85.6 Å². The molecule has 0 radical (unpaired) electrons. The first-order chi connectivity index (χ1) is 6.06. The zero-order valence-electron chi connectivity index (χ0n) is 6.51. The second kappa shape index (κ2) is 4.15. The number of Topliss-reactive ketones (excluding diaryl/α,β-unsaturated/α-hetero) is 1. The highest BCUT2D eigenvalue weighted by molar-refractivity contribution is 9.10. The van der Waals surface area contributed by atoms with E-state index in [1.165, 1.54) is 13.2 Å². The molecule has 0 spiro atoms. The van der Waals surface area contributed by atoms with Crippen LogP contribution >= 0.6 is 27.3 Å². The smallest absolute Gasteiger partial charge is 0.301 e. The number of rotatable bonds is 3. The van der Waals surface area contributed by atoms with Gasteiger partial charge in [-0.3, -0.25) is 4.79 Å². The van der Waals surface area contributed by atoms with Crippen molar-refractivity contribution in [2.24, 2.45) is 0 Å². The predicted octanol–water partition coefficient (Wildman–Crippen LogP) is 2.97. The van der Waals surface area contributed by atoms with Crippen molar-refractivity contribution in [3.8, 4) is 5.06 Å². The fourth-order valence-electron chi connectivity index (χ4n) is 0.720. The molecule has 0 fully saturated rings. The van der Waals surface area contributed by atoms with Crippen molar-refractivity contribution in [3.05, 3.63) is 15.4 Å². The number of ketones is 1. The minimum Gasteiger partial charge on any atom is -0.486 e. The largest absolute Gasteiger partial charge is 0.486 e. The standard InChI is InChI=1S/C7H5BrF2O2S/c1-12-7-3(8)2-4(13-7)5(11)6(9)10/h2,6H,1H3. The lowest BCUT2D eigenvalue weighted by Gasteiger charge is -1.93. The summed E-state index contributed by atoms with van der Waals surface area (Å²) < 4.78 is 29.3. The second-order valence-corrected chi connectivity index (χ2v) is 3.98. The summed E-state index contributed by atoms with van der Waals surface area (Å²) in [6.45, 7) is 0. The molecule has 0 N–H and O–H groups in total. The van der Waals surface area contributed by atoms with Crippen LogP contribution in [0.5, 0.6) is 5.06 Å². The van der Waals surface area contributed by atoms with Crippen molar-refractivity contribution in [1.29, 1.82) is 0 Å². The van der Waals surface area contributed by atoms with Gasteiger partial charge in [0.25, 0.3) is 0 Å². The molecule has 0 unspecified atom stereocenters. The van der Waals surface area contributed by atoms with Crippen LogP contribution in [0.1, 0.15) is 9.67 Å². The average Bonchev–Trinajstić information content (AvgIpc) is 2.45. The lowest BCUT2D eigenvalue weighted by atomic mass is 10.3. The van der Waals surface area contributed by atoms with E-state index in [9.17, 15) is 13.6 Å². The molecule has 0 aliphatic carbocycles. The molecule has 0 aromatic carbocycles. The van der Waals surface area contributed by atoms with Crippen molar-refractivity contribution < 1.29 is 18.3 Å². The summed E-state index contributed by atoms with van der Waals surface area (Å²) in [6.07, 6.45) is -2.96. The molecule has 1 aromatic rings. The number of hydrogen-bond donors (Lipinski definition) is 0. The van der Waals surface area contributed by atoms with E-state index < -0.39 is 12.2 Å². The Bertz CT molecular complexity index is 324. The number of hydrogen-bond acceptors (Lipinski definition) is 3. The van der Waals surface area contributed by atoms with Crippen molar-refractivity contribution >= 4 is 33.0 Å². The summed E-state index contributed by atoms with van der Waals surface area (Å²) in [6, 6.07) is 1.33. The van der Waals surface area contributed by atoms with E-state index in [1.54, 1.807) is 0 Å². The van der Waals surface area contributed by atoms with Gasteiger partial charge in [0.2, 0.25) is 5.78 Å². The minimum atomic E-state index is -2.96. The maximum Gasteiger partial charge on any atom is 0.301 e. The number of alkyl halides is 2. The van der Waals surface area contributed by atoms with Crippen LogP contribution < -0.4 is 4.74 Å². The zero-order valence-corrected chi connectivity index (χ0v) is 8.92. The maximum atomic E-state index is 12.0. The minimum absolute atomic E-state index is 0.00118. The number of carbonyl (C=O) groups excluding carboxylic acids is 1. The molecule has 72 valence electrons. The Morgan fingerprint density at radius 1 is 1.69 bits per heavy atom. The summed E-state index contributed by atoms with van der Waals surface area (Å²) in [5.41, 5.74) is 0. The summed E-state index contributed by atoms with van der Waals surface area (Å²) in [7, 11) is 1.41. The molecule has 1 rings (SSSR count). The van der Waals surface area contributed by atoms with Gasteiger partial charge in [-0.1, -0.05) is 11.3 Å². The van der Waals surface area contributed by atoms with Gasteiger partial charge < -0.3 is 4.74 Å². The molecule has 0 aliphatic rings. The van der Waals surface area contributed by atoms with E-state index in [2.05, 4.69) is 15.9 Å². The van der Waals surface area contributed by atoms with Gasteiger partial charge in [-0.2, -0.15) is 0 Å². The van der Waals surface area contributed by atoms with Gasteiger partial charge in [0.1, 0.15) is 0 Å². The van der Waals surface area contributed by atoms with Crippen molar-refractivity contribution in [2.45, 2.75) is 6.43 Å². The molecule has 0 aliphatic heterocycles.